The van der Waals surface area contributed by atoms with Gasteiger partial charge < -0.3 is 33.8 Å². The zero-order chi connectivity index (χ0) is 39.5. The maximum atomic E-state index is 14.0. The molecule has 15 nitrogen and oxygen atoms in total. The lowest BCUT2D eigenvalue weighted by Crippen LogP contribution is -2.60. The van der Waals surface area contributed by atoms with E-state index >= 15 is 0 Å². The predicted octanol–water partition coefficient (Wildman–Crippen LogP) is 4.46. The van der Waals surface area contributed by atoms with Gasteiger partial charge in [-0.05, 0) is 50.8 Å². The monoisotopic (exact) mass is 773 g/mol. The van der Waals surface area contributed by atoms with E-state index in [4.69, 9.17) is 35.4 Å². The SMILES string of the molecule is COc1cc2cc(c1Cl)N(C)C(=O)CC(OC(=O)CCCCC(=O)ON1C(=O)CCC1=O)C1(C)OC1C(C)C1CC(O)(NC(=O)O1)C(C)/C=C/C=C(\C)C2. The summed E-state index contributed by atoms with van der Waals surface area (Å²) in [7, 11) is 3.05. The van der Waals surface area contributed by atoms with Gasteiger partial charge in [-0.15, -0.1) is 5.06 Å². The number of fused-ring (bicyclic) bond motifs is 5. The highest BCUT2D eigenvalue weighted by Gasteiger charge is 2.64. The highest BCUT2D eigenvalue weighted by Crippen LogP contribution is 2.49. The molecule has 4 aliphatic heterocycles. The first kappa shape index (κ1) is 40.7. The second-order valence-electron chi connectivity index (χ2n) is 14.7. The topological polar surface area (TPSA) is 191 Å². The van der Waals surface area contributed by atoms with Crippen LogP contribution in [-0.2, 0) is 49.4 Å². The number of benzene rings is 1. The van der Waals surface area contributed by atoms with E-state index in [2.05, 4.69) is 5.32 Å². The first-order valence-electron chi connectivity index (χ1n) is 18.1. The van der Waals surface area contributed by atoms with Gasteiger partial charge in [0.1, 0.15) is 34.3 Å². The molecule has 0 radical (unpaired) electrons. The van der Waals surface area contributed by atoms with Crippen LogP contribution in [-0.4, -0.2) is 89.7 Å². The number of rotatable bonds is 8. The van der Waals surface area contributed by atoms with Gasteiger partial charge >= 0.3 is 18.0 Å². The van der Waals surface area contributed by atoms with Gasteiger partial charge in [-0.1, -0.05) is 49.2 Å². The third-order valence-electron chi connectivity index (χ3n) is 10.6. The van der Waals surface area contributed by atoms with E-state index in [1.807, 2.05) is 19.1 Å². The van der Waals surface area contributed by atoms with Crippen molar-refractivity contribution >= 4 is 53.0 Å². The van der Waals surface area contributed by atoms with Gasteiger partial charge in [0.25, 0.3) is 11.8 Å². The highest BCUT2D eigenvalue weighted by molar-refractivity contribution is 6.35. The summed E-state index contributed by atoms with van der Waals surface area (Å²) < 4.78 is 23.3. The number of carbonyl (C=O) groups is 6. The minimum absolute atomic E-state index is 0.0212. The fourth-order valence-electron chi connectivity index (χ4n) is 7.07. The molecule has 5 rings (SSSR count). The summed E-state index contributed by atoms with van der Waals surface area (Å²) in [5.74, 6) is -3.66. The Morgan fingerprint density at radius 1 is 1.06 bits per heavy atom. The first-order chi connectivity index (χ1) is 25.4. The largest absolute Gasteiger partial charge is 0.495 e. The normalized spacial score (nSPS) is 31.8. The molecule has 7 atom stereocenters. The molecule has 4 bridgehead atoms. The number of nitrogens with zero attached hydrogens (tertiary/aromatic N) is 2. The lowest BCUT2D eigenvalue weighted by molar-refractivity contribution is -0.197. The van der Waals surface area contributed by atoms with Gasteiger partial charge in [-0.2, -0.15) is 0 Å². The Labute approximate surface area is 318 Å². The second-order valence-corrected chi connectivity index (χ2v) is 15.0. The summed E-state index contributed by atoms with van der Waals surface area (Å²) in [5, 5.41) is 14.9. The number of carbonyl (C=O) groups excluding carboxylic acids is 6. The predicted molar refractivity (Wildman–Crippen MR) is 193 cm³/mol. The number of methoxy groups -OCH3 is 1. The van der Waals surface area contributed by atoms with Crippen LogP contribution >= 0.6 is 11.6 Å². The summed E-state index contributed by atoms with van der Waals surface area (Å²) in [5.41, 5.74) is -0.648. The molecule has 4 aliphatic rings. The van der Waals surface area contributed by atoms with E-state index in [0.717, 1.165) is 11.1 Å². The molecular weight excluding hydrogens is 726 g/mol. The van der Waals surface area contributed by atoms with Gasteiger partial charge in [0.15, 0.2) is 0 Å². The number of allylic oxidation sites excluding steroid dienone is 3. The third kappa shape index (κ3) is 9.07. The molecule has 0 spiro atoms. The van der Waals surface area contributed by atoms with Crippen molar-refractivity contribution < 1.29 is 57.7 Å². The average molecular weight is 774 g/mol. The van der Waals surface area contributed by atoms with Crippen molar-refractivity contribution in [2.45, 2.75) is 115 Å². The molecule has 3 fully saturated rings. The number of epoxide rings is 1. The van der Waals surface area contributed by atoms with Crippen LogP contribution in [0.4, 0.5) is 10.5 Å². The molecule has 54 heavy (non-hydrogen) atoms. The molecule has 3 saturated heterocycles. The van der Waals surface area contributed by atoms with E-state index in [0.29, 0.717) is 22.9 Å². The molecule has 2 N–H and O–H groups in total. The number of anilines is 1. The molecule has 1 aromatic carbocycles. The molecular formula is C38H48ClN3O12. The Morgan fingerprint density at radius 3 is 2.39 bits per heavy atom. The van der Waals surface area contributed by atoms with Gasteiger partial charge in [0.2, 0.25) is 5.91 Å². The number of halogens is 1. The molecule has 16 heteroatoms. The number of amides is 4. The molecule has 4 amide bonds. The number of esters is 1. The summed E-state index contributed by atoms with van der Waals surface area (Å²) in [4.78, 5) is 82.0. The number of aliphatic hydroxyl groups is 1. The lowest BCUT2D eigenvalue weighted by Gasteiger charge is -2.41. The fraction of sp³-hybridized carbons (Fsp3) is 0.579. The lowest BCUT2D eigenvalue weighted by atomic mass is 9.82. The summed E-state index contributed by atoms with van der Waals surface area (Å²) in [6.45, 7) is 7.25. The molecule has 294 valence electrons. The van der Waals surface area contributed by atoms with Crippen molar-refractivity contribution in [3.63, 3.8) is 0 Å². The van der Waals surface area contributed by atoms with Crippen LogP contribution in [0.15, 0.2) is 35.9 Å². The van der Waals surface area contributed by atoms with Crippen LogP contribution in [0.3, 0.4) is 0 Å². The number of unbranched alkanes of at least 4 members (excludes halogenated alkanes) is 1. The Bertz CT molecular complexity index is 1730. The summed E-state index contributed by atoms with van der Waals surface area (Å²) in [6.07, 6.45) is 2.56. The van der Waals surface area contributed by atoms with Crippen LogP contribution in [0, 0.1) is 11.8 Å². The quantitative estimate of drug-likeness (QED) is 0.164. The molecule has 0 saturated carbocycles. The Morgan fingerprint density at radius 2 is 1.72 bits per heavy atom. The van der Waals surface area contributed by atoms with Gasteiger partial charge in [0.05, 0.1) is 25.3 Å². The Balaban J connectivity index is 1.37. The van der Waals surface area contributed by atoms with Crippen LogP contribution in [0.1, 0.15) is 84.6 Å². The van der Waals surface area contributed by atoms with Gasteiger partial charge in [0, 0.05) is 51.0 Å². The van der Waals surface area contributed by atoms with Crippen LogP contribution in [0.2, 0.25) is 5.02 Å². The number of hydrogen-bond donors (Lipinski definition) is 2. The molecule has 0 aliphatic carbocycles. The number of imide groups is 1. The molecule has 4 heterocycles. The average Bonchev–Trinajstić information content (AvgIpc) is 3.72. The van der Waals surface area contributed by atoms with Crippen molar-refractivity contribution in [2.75, 3.05) is 19.1 Å². The van der Waals surface area contributed by atoms with E-state index < -0.39 is 77.2 Å². The van der Waals surface area contributed by atoms with Crippen LogP contribution < -0.4 is 15.0 Å². The van der Waals surface area contributed by atoms with Crippen LogP contribution in [0.5, 0.6) is 5.75 Å². The molecule has 7 unspecified atom stereocenters. The molecule has 1 aromatic rings. The zero-order valence-electron chi connectivity index (χ0n) is 31.3. The van der Waals surface area contributed by atoms with Crippen molar-refractivity contribution in [1.29, 1.82) is 0 Å². The third-order valence-corrected chi connectivity index (χ3v) is 11.0. The summed E-state index contributed by atoms with van der Waals surface area (Å²) >= 11 is 6.73. The van der Waals surface area contributed by atoms with Gasteiger partial charge in [-0.3, -0.25) is 24.5 Å². The number of alkyl carbamates (subject to hydrolysis) is 1. The van der Waals surface area contributed by atoms with Crippen molar-refractivity contribution in [2.24, 2.45) is 11.8 Å². The van der Waals surface area contributed by atoms with Crippen LogP contribution in [0.25, 0.3) is 0 Å². The minimum Gasteiger partial charge on any atom is -0.495 e. The molecule has 0 aromatic heterocycles. The summed E-state index contributed by atoms with van der Waals surface area (Å²) in [6, 6.07) is 3.58. The standard InChI is InChI=1S/C38H48ClN3O12/c1-21-10-9-11-22(2)38(49)20-27(51-36(48)40-38)23(3)35-37(4,53-35)28(19-31(45)41(5)25-17-24(16-21)18-26(50-6)34(25)39)52-32(46)12-7-8-13-33(47)54-42-29(43)14-15-30(42)44/h9-11,17-18,22-23,27-28,35,49H,7-8,12-16,19-20H2,1-6H3,(H,40,48)/b11-9+,21-10+. The second kappa shape index (κ2) is 16.5. The first-order valence-corrected chi connectivity index (χ1v) is 18.5. The van der Waals surface area contributed by atoms with E-state index in [-0.39, 0.29) is 56.4 Å². The van der Waals surface area contributed by atoms with E-state index in [9.17, 15) is 33.9 Å². The maximum absolute atomic E-state index is 14.0. The number of ether oxygens (including phenoxy) is 4. The highest BCUT2D eigenvalue weighted by atomic mass is 35.5. The van der Waals surface area contributed by atoms with Gasteiger partial charge in [-0.25, -0.2) is 9.59 Å². The number of hydroxylamine groups is 2. The Kier molecular flexibility index (Phi) is 12.4. The number of hydrogen-bond acceptors (Lipinski definition) is 12. The number of nitrogens with one attached hydrogen (secondary N) is 1. The Hall–Kier alpha value is -4.47. The van der Waals surface area contributed by atoms with Crippen molar-refractivity contribution in [1.82, 2.24) is 10.4 Å². The maximum Gasteiger partial charge on any atom is 0.409 e. The van der Waals surface area contributed by atoms with Crippen molar-refractivity contribution in [3.8, 4) is 5.75 Å². The van der Waals surface area contributed by atoms with E-state index in [1.54, 1.807) is 46.0 Å². The zero-order valence-corrected chi connectivity index (χ0v) is 32.1. The van der Waals surface area contributed by atoms with Crippen molar-refractivity contribution in [3.05, 3.63) is 46.5 Å². The van der Waals surface area contributed by atoms with E-state index in [1.165, 1.54) is 12.0 Å². The minimum atomic E-state index is -1.63. The fourth-order valence-corrected chi connectivity index (χ4v) is 7.38. The smallest absolute Gasteiger partial charge is 0.409 e.